The van der Waals surface area contributed by atoms with E-state index in [9.17, 15) is 5.26 Å². The second kappa shape index (κ2) is 5.63. The van der Waals surface area contributed by atoms with Gasteiger partial charge in [-0.15, -0.1) is 0 Å². The van der Waals surface area contributed by atoms with Gasteiger partial charge in [-0.05, 0) is 36.2 Å². The van der Waals surface area contributed by atoms with E-state index in [1.165, 1.54) is 6.20 Å². The van der Waals surface area contributed by atoms with Crippen LogP contribution in [0.5, 0.6) is 5.75 Å². The van der Waals surface area contributed by atoms with Crippen molar-refractivity contribution in [2.75, 3.05) is 7.11 Å². The fraction of sp³-hybridized carbons (Fsp3) is 0.118. The number of halogens is 1. The molecule has 1 heterocycles. The molecule has 2 aromatic carbocycles. The molecule has 4 nitrogen and oxygen atoms in total. The van der Waals surface area contributed by atoms with Crippen molar-refractivity contribution in [3.8, 4) is 22.9 Å². The molecule has 0 amide bonds. The van der Waals surface area contributed by atoms with Crippen LogP contribution in [0.4, 0.5) is 0 Å². The van der Waals surface area contributed by atoms with Gasteiger partial charge in [0.1, 0.15) is 22.5 Å². The molecule has 0 spiro atoms. The molecule has 22 heavy (non-hydrogen) atoms. The van der Waals surface area contributed by atoms with E-state index in [2.05, 4.69) is 16.0 Å². The van der Waals surface area contributed by atoms with Gasteiger partial charge in [-0.25, -0.2) is 9.97 Å². The summed E-state index contributed by atoms with van der Waals surface area (Å²) in [7, 11) is 1.63. The number of rotatable bonds is 2. The summed E-state index contributed by atoms with van der Waals surface area (Å²) in [6.07, 6.45) is 1.45. The average Bonchev–Trinajstić information content (AvgIpc) is 2.52. The molecule has 0 saturated carbocycles. The maximum absolute atomic E-state index is 9.22. The molecule has 0 atom stereocenters. The van der Waals surface area contributed by atoms with E-state index in [0.717, 1.165) is 22.4 Å². The predicted octanol–water partition coefficient (Wildman–Crippen LogP) is 4.14. The van der Waals surface area contributed by atoms with E-state index in [1.807, 2.05) is 31.2 Å². The van der Waals surface area contributed by atoms with Gasteiger partial charge in [0, 0.05) is 5.56 Å². The first-order chi connectivity index (χ1) is 10.6. The summed E-state index contributed by atoms with van der Waals surface area (Å²) < 4.78 is 5.32. The minimum absolute atomic E-state index is 0.295. The Balaban J connectivity index is 2.34. The summed E-state index contributed by atoms with van der Waals surface area (Å²) >= 11 is 5.98. The van der Waals surface area contributed by atoms with Gasteiger partial charge in [0.15, 0.2) is 0 Å². The van der Waals surface area contributed by atoms with E-state index < -0.39 is 0 Å². The molecule has 0 unspecified atom stereocenters. The lowest BCUT2D eigenvalue weighted by molar-refractivity contribution is 0.414. The van der Waals surface area contributed by atoms with E-state index >= 15 is 0 Å². The number of benzene rings is 2. The molecule has 0 aliphatic carbocycles. The SMILES string of the molecule is COc1cc(C)cc(-c2ccc(C#N)c3ncc(Cl)nc23)c1. The van der Waals surface area contributed by atoms with Crippen LogP contribution in [-0.2, 0) is 0 Å². The van der Waals surface area contributed by atoms with Gasteiger partial charge in [0.05, 0.1) is 24.4 Å². The van der Waals surface area contributed by atoms with Crippen LogP contribution < -0.4 is 4.74 Å². The minimum atomic E-state index is 0.295. The van der Waals surface area contributed by atoms with Gasteiger partial charge < -0.3 is 4.74 Å². The zero-order valence-corrected chi connectivity index (χ0v) is 12.8. The highest BCUT2D eigenvalue weighted by atomic mass is 35.5. The van der Waals surface area contributed by atoms with Gasteiger partial charge in [-0.3, -0.25) is 0 Å². The summed E-state index contributed by atoms with van der Waals surface area (Å²) in [5, 5.41) is 9.52. The molecular weight excluding hydrogens is 298 g/mol. The Morgan fingerprint density at radius 2 is 2.00 bits per heavy atom. The van der Waals surface area contributed by atoms with Crippen molar-refractivity contribution in [3.63, 3.8) is 0 Å². The van der Waals surface area contributed by atoms with Crippen LogP contribution in [0.15, 0.2) is 36.5 Å². The first-order valence-corrected chi connectivity index (χ1v) is 7.01. The first-order valence-electron chi connectivity index (χ1n) is 6.64. The maximum atomic E-state index is 9.22. The molecule has 0 radical (unpaired) electrons. The number of nitrogens with zero attached hydrogens (tertiary/aromatic N) is 3. The van der Waals surface area contributed by atoms with Crippen LogP contribution in [0.25, 0.3) is 22.2 Å². The Labute approximate surface area is 133 Å². The molecule has 3 rings (SSSR count). The van der Waals surface area contributed by atoms with Gasteiger partial charge in [0.25, 0.3) is 0 Å². The van der Waals surface area contributed by atoms with Crippen molar-refractivity contribution in [1.82, 2.24) is 9.97 Å². The van der Waals surface area contributed by atoms with Crippen LogP contribution in [-0.4, -0.2) is 17.1 Å². The number of fused-ring (bicyclic) bond motifs is 1. The Bertz CT molecular complexity index is 916. The second-order valence-electron chi connectivity index (χ2n) is 4.90. The van der Waals surface area contributed by atoms with Crippen molar-refractivity contribution in [2.24, 2.45) is 0 Å². The highest BCUT2D eigenvalue weighted by Crippen LogP contribution is 2.32. The van der Waals surface area contributed by atoms with Crippen molar-refractivity contribution < 1.29 is 4.74 Å². The Morgan fingerprint density at radius 3 is 2.73 bits per heavy atom. The highest BCUT2D eigenvalue weighted by Gasteiger charge is 2.12. The number of methoxy groups -OCH3 is 1. The van der Waals surface area contributed by atoms with Gasteiger partial charge in [-0.2, -0.15) is 5.26 Å². The molecule has 5 heteroatoms. The standard InChI is InChI=1S/C17H12ClN3O/c1-10-5-12(7-13(6-10)22-2)14-4-3-11(8-19)16-17(14)21-15(18)9-20-16/h3-7,9H,1-2H3. The predicted molar refractivity (Wildman–Crippen MR) is 86.0 cm³/mol. The first kappa shape index (κ1) is 14.3. The number of aryl methyl sites for hydroxylation is 1. The summed E-state index contributed by atoms with van der Waals surface area (Å²) in [6.45, 7) is 2.00. The van der Waals surface area contributed by atoms with Crippen LogP contribution >= 0.6 is 11.6 Å². The molecular formula is C17H12ClN3O. The topological polar surface area (TPSA) is 58.8 Å². The zero-order valence-electron chi connectivity index (χ0n) is 12.1. The van der Waals surface area contributed by atoms with Gasteiger partial charge in [0.2, 0.25) is 0 Å². The number of ether oxygens (including phenoxy) is 1. The van der Waals surface area contributed by atoms with E-state index in [4.69, 9.17) is 16.3 Å². The fourth-order valence-electron chi connectivity index (χ4n) is 2.42. The van der Waals surface area contributed by atoms with Crippen LogP contribution in [0.2, 0.25) is 5.15 Å². The molecule has 0 bridgehead atoms. The van der Waals surface area contributed by atoms with Gasteiger partial charge >= 0.3 is 0 Å². The molecule has 0 fully saturated rings. The maximum Gasteiger partial charge on any atom is 0.148 e. The summed E-state index contributed by atoms with van der Waals surface area (Å²) in [4.78, 5) is 8.61. The van der Waals surface area contributed by atoms with E-state index in [1.54, 1.807) is 13.2 Å². The molecule has 0 aliphatic heterocycles. The molecule has 1 aromatic heterocycles. The summed E-state index contributed by atoms with van der Waals surface area (Å²) in [5.74, 6) is 0.766. The Hall–Kier alpha value is -2.64. The third kappa shape index (κ3) is 2.47. The zero-order chi connectivity index (χ0) is 15.7. The lowest BCUT2D eigenvalue weighted by Crippen LogP contribution is -1.93. The molecule has 0 saturated heterocycles. The number of hydrogen-bond donors (Lipinski definition) is 0. The molecule has 0 aliphatic rings. The third-order valence-electron chi connectivity index (χ3n) is 3.39. The largest absolute Gasteiger partial charge is 0.497 e. The lowest BCUT2D eigenvalue weighted by atomic mass is 9.99. The number of hydrogen-bond acceptors (Lipinski definition) is 4. The normalized spacial score (nSPS) is 10.5. The van der Waals surface area contributed by atoms with Crippen LogP contribution in [0.3, 0.4) is 0 Å². The van der Waals surface area contributed by atoms with E-state index in [-0.39, 0.29) is 0 Å². The Kier molecular flexibility index (Phi) is 3.66. The minimum Gasteiger partial charge on any atom is -0.497 e. The van der Waals surface area contributed by atoms with Crippen molar-refractivity contribution >= 4 is 22.6 Å². The van der Waals surface area contributed by atoms with Crippen molar-refractivity contribution in [3.05, 3.63) is 52.8 Å². The summed E-state index contributed by atoms with van der Waals surface area (Å²) in [6, 6.07) is 11.7. The van der Waals surface area contributed by atoms with E-state index in [0.29, 0.717) is 21.7 Å². The molecule has 108 valence electrons. The highest BCUT2D eigenvalue weighted by molar-refractivity contribution is 6.29. The number of aromatic nitrogens is 2. The molecule has 0 N–H and O–H groups in total. The summed E-state index contributed by atoms with van der Waals surface area (Å²) in [5.41, 5.74) is 4.52. The van der Waals surface area contributed by atoms with Crippen molar-refractivity contribution in [2.45, 2.75) is 6.92 Å². The quantitative estimate of drug-likeness (QED) is 0.714. The van der Waals surface area contributed by atoms with Crippen LogP contribution in [0.1, 0.15) is 11.1 Å². The monoisotopic (exact) mass is 309 g/mol. The van der Waals surface area contributed by atoms with Crippen molar-refractivity contribution in [1.29, 1.82) is 5.26 Å². The third-order valence-corrected chi connectivity index (χ3v) is 3.57. The smallest absolute Gasteiger partial charge is 0.148 e. The van der Waals surface area contributed by atoms with Crippen LogP contribution in [0, 0.1) is 18.3 Å². The second-order valence-corrected chi connectivity index (χ2v) is 5.29. The molecule has 3 aromatic rings. The number of nitriles is 1. The lowest BCUT2D eigenvalue weighted by Gasteiger charge is -2.10. The fourth-order valence-corrected chi connectivity index (χ4v) is 2.55. The average molecular weight is 310 g/mol. The van der Waals surface area contributed by atoms with Gasteiger partial charge in [-0.1, -0.05) is 23.7 Å². The Morgan fingerprint density at radius 1 is 1.18 bits per heavy atom.